The summed E-state index contributed by atoms with van der Waals surface area (Å²) in [5, 5.41) is 105. The third-order valence-corrected chi connectivity index (χ3v) is 22.7. The molecule has 520 valence electrons. The minimum Gasteiger partial charge on any atom is -0.473 e. The second kappa shape index (κ2) is 25.4. The average molecular weight is 1490 g/mol. The number of carbonyl (C=O) groups excluding carboxylic acids is 3. The molecule has 3 fully saturated rings. The van der Waals surface area contributed by atoms with Crippen LogP contribution < -0.4 is 14.2 Å². The topological polar surface area (TPSA) is 311 Å². The number of aryl methyl sites for hydroxylation is 3. The van der Waals surface area contributed by atoms with Gasteiger partial charge in [0, 0.05) is 85.7 Å². The first-order chi connectivity index (χ1) is 48.0. The number of carbonyl (C=O) groups is 3. The maximum atomic E-state index is 13.5. The fourth-order valence-electron chi connectivity index (χ4n) is 16.5. The van der Waals surface area contributed by atoms with Crippen LogP contribution >= 0.6 is 50.7 Å². The lowest BCUT2D eigenvalue weighted by molar-refractivity contribution is -0.158. The van der Waals surface area contributed by atoms with Crippen molar-refractivity contribution in [3.63, 3.8) is 0 Å². The van der Waals surface area contributed by atoms with E-state index in [2.05, 4.69) is 43.4 Å². The quantitative estimate of drug-likeness (QED) is 0.0805. The number of aliphatic hydroxyl groups is 6. The summed E-state index contributed by atoms with van der Waals surface area (Å²) in [6, 6.07) is 52.3. The van der Waals surface area contributed by atoms with Crippen LogP contribution in [-0.4, -0.2) is 153 Å². The van der Waals surface area contributed by atoms with E-state index in [0.29, 0.717) is 38.9 Å². The number of fused-ring (bicyclic) bond motifs is 9. The summed E-state index contributed by atoms with van der Waals surface area (Å²) < 4.78 is 24.6. The smallest absolute Gasteiger partial charge is 0.228 e. The molecule has 6 aliphatic rings. The molecule has 9 aromatic rings. The van der Waals surface area contributed by atoms with Crippen LogP contribution in [-0.2, 0) is 69.1 Å². The van der Waals surface area contributed by atoms with Crippen LogP contribution in [0.1, 0.15) is 79.3 Å². The molecule has 3 saturated carbocycles. The largest absolute Gasteiger partial charge is 0.473 e. The van der Waals surface area contributed by atoms with Crippen LogP contribution in [0.4, 0.5) is 0 Å². The third-order valence-electron chi connectivity index (χ3n) is 20.9. The van der Waals surface area contributed by atoms with Gasteiger partial charge in [0.1, 0.15) is 35.4 Å². The van der Waals surface area contributed by atoms with E-state index in [-0.39, 0.29) is 67.5 Å². The van der Waals surface area contributed by atoms with E-state index in [1.165, 1.54) is 28.7 Å². The van der Waals surface area contributed by atoms with Crippen molar-refractivity contribution in [1.29, 1.82) is 10.5 Å². The number of benzene rings is 6. The first-order valence-electron chi connectivity index (χ1n) is 32.0. The predicted octanol–water partition coefficient (Wildman–Crippen LogP) is 7.74. The highest BCUT2D eigenvalue weighted by atomic mass is 79.9. The van der Waals surface area contributed by atoms with Crippen molar-refractivity contribution in [2.45, 2.75) is 69.7 Å². The fourth-order valence-corrected chi connectivity index (χ4v) is 17.2. The molecule has 6 aromatic carbocycles. The summed E-state index contributed by atoms with van der Waals surface area (Å²) in [7, 11) is 14.5. The SMILES string of the molecule is CN(C)C(=O)[C@H]1[C@@H](O)[C@@]2(O)c3nn(C)c(Cl)c3O[C@@]2(c2ccc(Br)cc2)[C@@H]1c1ccccc1.CN(C)C(=O)[C@H]1[C@@H](O)[C@@]2(O)c3nn(C)c(Cl)c3O[C@@]2(c2ccc(C#N)cc2)[C@@H]1c1ccccc1.CN(C)C(=O)[C@H]1[C@@H](O)[C@@]2(O)c3nn(C)c(Cl)c3O[C@@]2(c2ccc(C#N)cc2)[C@@H]1c1ccccc1. The molecule has 15 rings (SSSR count). The molecule has 6 heterocycles. The molecule has 15 atom stereocenters. The molecule has 6 N–H and O–H groups in total. The number of hydrogen-bond acceptors (Lipinski definition) is 17. The van der Waals surface area contributed by atoms with Crippen molar-refractivity contribution in [2.75, 3.05) is 42.3 Å². The van der Waals surface area contributed by atoms with Crippen LogP contribution in [0.15, 0.2) is 168 Å². The van der Waals surface area contributed by atoms with Crippen LogP contribution in [0.25, 0.3) is 0 Å². The van der Waals surface area contributed by atoms with E-state index in [1.54, 1.807) is 112 Å². The molecule has 0 unspecified atom stereocenters. The van der Waals surface area contributed by atoms with Gasteiger partial charge in [-0.15, -0.1) is 0 Å². The van der Waals surface area contributed by atoms with Crippen LogP contribution in [0.5, 0.6) is 17.2 Å². The second-order valence-corrected chi connectivity index (χ2v) is 28.7. The first-order valence-corrected chi connectivity index (χ1v) is 34.0. The van der Waals surface area contributed by atoms with Gasteiger partial charge in [-0.2, -0.15) is 25.8 Å². The fraction of sp³-hybridized carbons (Fsp3) is 0.324. The third kappa shape index (κ3) is 9.78. The van der Waals surface area contributed by atoms with Crippen LogP contribution in [0, 0.1) is 40.4 Å². The monoisotopic (exact) mass is 1490 g/mol. The highest BCUT2D eigenvalue weighted by Gasteiger charge is 2.82. The number of amides is 3. The number of aliphatic hydroxyl groups excluding tert-OH is 3. The molecule has 101 heavy (non-hydrogen) atoms. The van der Waals surface area contributed by atoms with Crippen molar-refractivity contribution in [3.8, 4) is 29.4 Å². The molecule has 3 amide bonds. The maximum Gasteiger partial charge on any atom is 0.228 e. The number of hydrogen-bond donors (Lipinski definition) is 6. The minimum atomic E-state index is -2.10. The predicted molar refractivity (Wildman–Crippen MR) is 372 cm³/mol. The van der Waals surface area contributed by atoms with Crippen molar-refractivity contribution in [1.82, 2.24) is 44.0 Å². The molecule has 3 aliphatic heterocycles. The number of rotatable bonds is 9. The van der Waals surface area contributed by atoms with Gasteiger partial charge >= 0.3 is 0 Å². The number of halogens is 4. The molecule has 27 heteroatoms. The Bertz CT molecular complexity index is 4620. The Morgan fingerprint density at radius 1 is 0.436 bits per heavy atom. The van der Waals surface area contributed by atoms with E-state index in [4.69, 9.17) is 49.0 Å². The highest BCUT2D eigenvalue weighted by molar-refractivity contribution is 9.10. The van der Waals surface area contributed by atoms with Gasteiger partial charge in [0.15, 0.2) is 66.3 Å². The number of ether oxygens (including phenoxy) is 3. The Balaban J connectivity index is 0.000000135. The Hall–Kier alpha value is -9.15. The lowest BCUT2D eigenvalue weighted by Gasteiger charge is -2.40. The average Bonchev–Trinajstić information content (AvgIpc) is 1.51. The van der Waals surface area contributed by atoms with Gasteiger partial charge in [-0.1, -0.05) is 178 Å². The molecule has 3 aliphatic carbocycles. The Morgan fingerprint density at radius 2 is 0.673 bits per heavy atom. The zero-order valence-electron chi connectivity index (χ0n) is 55.8. The minimum absolute atomic E-state index is 0.0758. The van der Waals surface area contributed by atoms with Crippen molar-refractivity contribution in [3.05, 3.63) is 245 Å². The molecule has 0 bridgehead atoms. The van der Waals surface area contributed by atoms with Gasteiger partial charge in [0.2, 0.25) is 17.7 Å². The number of nitriles is 2. The lowest BCUT2D eigenvalue weighted by Crippen LogP contribution is -2.52. The highest BCUT2D eigenvalue weighted by Crippen LogP contribution is 2.72. The molecule has 0 saturated heterocycles. The van der Waals surface area contributed by atoms with Crippen molar-refractivity contribution < 1.29 is 59.2 Å². The van der Waals surface area contributed by atoms with Gasteiger partial charge in [0.05, 0.1) is 41.0 Å². The number of aromatic nitrogens is 6. The standard InChI is InChI=1S/2C25H23ClN4O4.C24H23BrClN3O4/c2*1-29(2)23(32)17-18(15-7-5-4-6-8-15)25(16-11-9-14(13-27)10-12-16)24(33,21(17)31)20-19(34-25)22(26)30(3)28-20;1-28(2)22(31)16-17(13-7-5-4-6-8-13)24(14-9-11-15(25)12-10-14)23(32,20(16)30)19-18(33-24)21(26)29(3)27-19/h2*4-12,17-18,21,31,33H,1-3H3;4-12,16-17,20,30,32H,1-3H3/t2*17-,18-,21-,24+,25+;16-,17-,20-,23+,24+/m111/s1. The summed E-state index contributed by atoms with van der Waals surface area (Å²) >= 11 is 22.9. The van der Waals surface area contributed by atoms with E-state index in [0.717, 1.165) is 10.0 Å². The second-order valence-electron chi connectivity index (χ2n) is 26.7. The van der Waals surface area contributed by atoms with Crippen molar-refractivity contribution in [2.24, 2.45) is 38.9 Å². The van der Waals surface area contributed by atoms with E-state index in [1.807, 2.05) is 115 Å². The number of nitrogens with zero attached hydrogens (tertiary/aromatic N) is 11. The van der Waals surface area contributed by atoms with Gasteiger partial charge in [-0.05, 0) is 69.8 Å². The van der Waals surface area contributed by atoms with Gasteiger partial charge in [0.25, 0.3) is 0 Å². The Labute approximate surface area is 604 Å². The lowest BCUT2D eigenvalue weighted by atomic mass is 9.71. The molecular formula is C74H69BrCl3N11O12. The zero-order valence-corrected chi connectivity index (χ0v) is 59.7. The summed E-state index contributed by atoms with van der Waals surface area (Å²) in [6.07, 6.45) is -4.63. The molecular weight excluding hydrogens is 1420 g/mol. The van der Waals surface area contributed by atoms with Gasteiger partial charge < -0.3 is 59.5 Å². The summed E-state index contributed by atoms with van der Waals surface area (Å²) in [5.74, 6) is -5.93. The Kier molecular flexibility index (Phi) is 17.7. The summed E-state index contributed by atoms with van der Waals surface area (Å²) in [4.78, 5) is 44.6. The molecule has 23 nitrogen and oxygen atoms in total. The van der Waals surface area contributed by atoms with E-state index in [9.17, 15) is 55.5 Å². The normalized spacial score (nSPS) is 29.4. The van der Waals surface area contributed by atoms with Crippen LogP contribution in [0.3, 0.4) is 0 Å². The van der Waals surface area contributed by atoms with Crippen LogP contribution in [0.2, 0.25) is 15.5 Å². The summed E-state index contributed by atoms with van der Waals surface area (Å²) in [5.41, 5.74) is -6.16. The first kappa shape index (κ1) is 70.3. The van der Waals surface area contributed by atoms with E-state index >= 15 is 0 Å². The van der Waals surface area contributed by atoms with Gasteiger partial charge in [-0.25, -0.2) is 0 Å². The summed E-state index contributed by atoms with van der Waals surface area (Å²) in [6.45, 7) is 0. The molecule has 3 aromatic heterocycles. The maximum absolute atomic E-state index is 13.5. The Morgan fingerprint density at radius 3 is 0.901 bits per heavy atom. The molecule has 0 radical (unpaired) electrons. The molecule has 0 spiro atoms. The zero-order chi connectivity index (χ0) is 72.5. The van der Waals surface area contributed by atoms with Gasteiger partial charge in [-0.3, -0.25) is 28.4 Å². The van der Waals surface area contributed by atoms with E-state index < -0.39 is 87.4 Å². The van der Waals surface area contributed by atoms with Crippen molar-refractivity contribution >= 4 is 68.5 Å².